The summed E-state index contributed by atoms with van der Waals surface area (Å²) in [6, 6.07) is 9.01. The number of amides is 1. The Morgan fingerprint density at radius 2 is 1.88 bits per heavy atom. The molecule has 1 atom stereocenters. The molecule has 26 heavy (non-hydrogen) atoms. The first-order valence-corrected chi connectivity index (χ1v) is 9.12. The average molecular weight is 405 g/mol. The minimum absolute atomic E-state index is 0. The van der Waals surface area contributed by atoms with E-state index in [1.807, 2.05) is 0 Å². The van der Waals surface area contributed by atoms with Crippen molar-refractivity contribution in [2.75, 3.05) is 50.7 Å². The van der Waals surface area contributed by atoms with E-state index in [9.17, 15) is 4.79 Å². The minimum atomic E-state index is 0. The van der Waals surface area contributed by atoms with Crippen molar-refractivity contribution >= 4 is 36.4 Å². The number of rotatable bonds is 8. The SMILES string of the molecule is CCN[C@H](C)CNC(=O)CCN1CCN(c2cccc(C)c2)CC1.Cl.Cl. The summed E-state index contributed by atoms with van der Waals surface area (Å²) < 4.78 is 0. The van der Waals surface area contributed by atoms with Crippen molar-refractivity contribution in [3.05, 3.63) is 29.8 Å². The number of carbonyl (C=O) groups excluding carboxylic acids is 1. The number of halogens is 2. The maximum Gasteiger partial charge on any atom is 0.221 e. The third-order valence-corrected chi connectivity index (χ3v) is 4.55. The molecule has 1 saturated heterocycles. The maximum atomic E-state index is 11.9. The third kappa shape index (κ3) is 8.58. The second-order valence-electron chi connectivity index (χ2n) is 6.68. The third-order valence-electron chi connectivity index (χ3n) is 4.55. The number of hydrogen-bond acceptors (Lipinski definition) is 4. The van der Waals surface area contributed by atoms with Crippen LogP contribution in [0.3, 0.4) is 0 Å². The second kappa shape index (κ2) is 13.2. The summed E-state index contributed by atoms with van der Waals surface area (Å²) in [5, 5.41) is 6.31. The zero-order valence-electron chi connectivity index (χ0n) is 16.2. The zero-order chi connectivity index (χ0) is 17.4. The van der Waals surface area contributed by atoms with E-state index in [1.54, 1.807) is 0 Å². The van der Waals surface area contributed by atoms with Crippen LogP contribution in [-0.4, -0.2) is 62.7 Å². The van der Waals surface area contributed by atoms with Crippen LogP contribution in [-0.2, 0) is 4.79 Å². The van der Waals surface area contributed by atoms with Gasteiger partial charge in [0.2, 0.25) is 5.91 Å². The highest BCUT2D eigenvalue weighted by Crippen LogP contribution is 2.17. The molecular weight excluding hydrogens is 371 g/mol. The van der Waals surface area contributed by atoms with Crippen LogP contribution in [0.1, 0.15) is 25.8 Å². The van der Waals surface area contributed by atoms with Gasteiger partial charge in [-0.3, -0.25) is 9.69 Å². The van der Waals surface area contributed by atoms with Crippen LogP contribution in [0.5, 0.6) is 0 Å². The van der Waals surface area contributed by atoms with Crippen molar-refractivity contribution in [2.45, 2.75) is 33.2 Å². The van der Waals surface area contributed by atoms with Gasteiger partial charge in [0.15, 0.2) is 0 Å². The molecule has 0 bridgehead atoms. The van der Waals surface area contributed by atoms with Crippen molar-refractivity contribution < 1.29 is 4.79 Å². The number of nitrogens with one attached hydrogen (secondary N) is 2. The molecule has 1 fully saturated rings. The highest BCUT2D eigenvalue weighted by atomic mass is 35.5. The summed E-state index contributed by atoms with van der Waals surface area (Å²) in [6.07, 6.45) is 0.587. The Kier molecular flexibility index (Phi) is 12.7. The van der Waals surface area contributed by atoms with Gasteiger partial charge >= 0.3 is 0 Å². The van der Waals surface area contributed by atoms with E-state index in [-0.39, 0.29) is 30.7 Å². The van der Waals surface area contributed by atoms with Gasteiger partial charge < -0.3 is 15.5 Å². The number of benzene rings is 1. The molecule has 0 saturated carbocycles. The summed E-state index contributed by atoms with van der Waals surface area (Å²) in [5.41, 5.74) is 2.61. The second-order valence-corrected chi connectivity index (χ2v) is 6.68. The Morgan fingerprint density at radius 1 is 1.19 bits per heavy atom. The molecule has 1 aliphatic heterocycles. The van der Waals surface area contributed by atoms with Gasteiger partial charge in [-0.15, -0.1) is 24.8 Å². The average Bonchev–Trinajstić information content (AvgIpc) is 2.59. The fraction of sp³-hybridized carbons (Fsp3) is 0.632. The van der Waals surface area contributed by atoms with Crippen LogP contribution in [0.2, 0.25) is 0 Å². The van der Waals surface area contributed by atoms with Gasteiger partial charge in [0, 0.05) is 57.4 Å². The molecule has 1 amide bonds. The van der Waals surface area contributed by atoms with Gasteiger partial charge in [0.1, 0.15) is 0 Å². The van der Waals surface area contributed by atoms with Crippen LogP contribution >= 0.6 is 24.8 Å². The molecule has 1 aromatic rings. The number of aryl methyl sites for hydroxylation is 1. The molecule has 1 heterocycles. The van der Waals surface area contributed by atoms with E-state index in [0.717, 1.165) is 39.3 Å². The topological polar surface area (TPSA) is 47.6 Å². The van der Waals surface area contributed by atoms with Crippen molar-refractivity contribution in [3.63, 3.8) is 0 Å². The quantitative estimate of drug-likeness (QED) is 0.698. The summed E-state index contributed by atoms with van der Waals surface area (Å²) in [5.74, 6) is 0.154. The molecule has 5 nitrogen and oxygen atoms in total. The number of likely N-dealkylation sites (N-methyl/N-ethyl adjacent to an activating group) is 1. The Bertz CT molecular complexity index is 522. The molecule has 0 unspecified atom stereocenters. The molecule has 1 aromatic carbocycles. The first-order chi connectivity index (χ1) is 11.6. The molecule has 1 aliphatic rings. The van der Waals surface area contributed by atoms with Crippen LogP contribution in [0.4, 0.5) is 5.69 Å². The van der Waals surface area contributed by atoms with Crippen LogP contribution < -0.4 is 15.5 Å². The smallest absolute Gasteiger partial charge is 0.221 e. The lowest BCUT2D eigenvalue weighted by molar-refractivity contribution is -0.121. The molecule has 0 spiro atoms. The Labute approximate surface area is 170 Å². The summed E-state index contributed by atoms with van der Waals surface area (Å²) in [6.45, 7) is 12.9. The summed E-state index contributed by atoms with van der Waals surface area (Å²) in [7, 11) is 0. The van der Waals surface area contributed by atoms with Gasteiger partial charge in [-0.25, -0.2) is 0 Å². The zero-order valence-corrected chi connectivity index (χ0v) is 17.8. The normalized spacial score (nSPS) is 15.6. The van der Waals surface area contributed by atoms with Crippen molar-refractivity contribution in [1.29, 1.82) is 0 Å². The number of hydrogen-bond donors (Lipinski definition) is 2. The molecule has 7 heteroatoms. The van der Waals surface area contributed by atoms with Gasteiger partial charge in [-0.1, -0.05) is 19.1 Å². The lowest BCUT2D eigenvalue weighted by Gasteiger charge is -2.36. The standard InChI is InChI=1S/C19H32N4O.2ClH/c1-4-20-17(3)15-21-19(24)8-9-22-10-12-23(13-11-22)18-7-5-6-16(2)14-18;;/h5-7,14,17,20H,4,8-13,15H2,1-3H3,(H,21,24);2*1H/t17-;;/m1../s1. The predicted molar refractivity (Wildman–Crippen MR) is 115 cm³/mol. The van der Waals surface area contributed by atoms with Gasteiger partial charge in [0.05, 0.1) is 0 Å². The van der Waals surface area contributed by atoms with Crippen molar-refractivity contribution in [2.24, 2.45) is 0 Å². The Hall–Kier alpha value is -1.01. The Morgan fingerprint density at radius 3 is 2.50 bits per heavy atom. The molecule has 0 aliphatic carbocycles. The fourth-order valence-corrected chi connectivity index (χ4v) is 3.09. The molecule has 0 aromatic heterocycles. The molecule has 2 rings (SSSR count). The fourth-order valence-electron chi connectivity index (χ4n) is 3.09. The predicted octanol–water partition coefficient (Wildman–Crippen LogP) is 2.46. The maximum absolute atomic E-state index is 11.9. The monoisotopic (exact) mass is 404 g/mol. The summed E-state index contributed by atoms with van der Waals surface area (Å²) in [4.78, 5) is 16.8. The van der Waals surface area contributed by atoms with Crippen molar-refractivity contribution in [1.82, 2.24) is 15.5 Å². The van der Waals surface area contributed by atoms with E-state index in [4.69, 9.17) is 0 Å². The van der Waals surface area contributed by atoms with Gasteiger partial charge in [-0.05, 0) is 38.1 Å². The lowest BCUT2D eigenvalue weighted by Crippen LogP contribution is -2.47. The first kappa shape index (κ1) is 25.0. The number of nitrogens with zero attached hydrogens (tertiary/aromatic N) is 2. The highest BCUT2D eigenvalue weighted by Gasteiger charge is 2.17. The van der Waals surface area contributed by atoms with Crippen LogP contribution in [0.25, 0.3) is 0 Å². The van der Waals surface area contributed by atoms with E-state index in [2.05, 4.69) is 65.5 Å². The van der Waals surface area contributed by atoms with Gasteiger partial charge in [0.25, 0.3) is 0 Å². The number of piperazine rings is 1. The Balaban J connectivity index is 0.00000312. The minimum Gasteiger partial charge on any atom is -0.369 e. The summed E-state index contributed by atoms with van der Waals surface area (Å²) >= 11 is 0. The first-order valence-electron chi connectivity index (χ1n) is 9.12. The van der Waals surface area contributed by atoms with E-state index >= 15 is 0 Å². The largest absolute Gasteiger partial charge is 0.369 e. The highest BCUT2D eigenvalue weighted by molar-refractivity contribution is 5.85. The van der Waals surface area contributed by atoms with E-state index in [0.29, 0.717) is 19.0 Å². The lowest BCUT2D eigenvalue weighted by atomic mass is 10.2. The van der Waals surface area contributed by atoms with Crippen molar-refractivity contribution in [3.8, 4) is 0 Å². The van der Waals surface area contributed by atoms with Crippen LogP contribution in [0, 0.1) is 6.92 Å². The van der Waals surface area contributed by atoms with E-state index in [1.165, 1.54) is 11.3 Å². The molecule has 0 radical (unpaired) electrons. The number of anilines is 1. The molecule has 2 N–H and O–H groups in total. The number of carbonyl (C=O) groups is 1. The molecule has 150 valence electrons. The van der Waals surface area contributed by atoms with E-state index < -0.39 is 0 Å². The van der Waals surface area contributed by atoms with Crippen LogP contribution in [0.15, 0.2) is 24.3 Å². The molecular formula is C19H34Cl2N4O. The van der Waals surface area contributed by atoms with Gasteiger partial charge in [-0.2, -0.15) is 0 Å².